The van der Waals surface area contributed by atoms with E-state index >= 15 is 0 Å². The minimum absolute atomic E-state index is 0.241. The highest BCUT2D eigenvalue weighted by Crippen LogP contribution is 2.55. The lowest BCUT2D eigenvalue weighted by molar-refractivity contribution is 0.0823. The number of hydrogen-bond donors (Lipinski definition) is 0. The van der Waals surface area contributed by atoms with Gasteiger partial charge in [-0.05, 0) is 54.8 Å². The Labute approximate surface area is 173 Å². The fourth-order valence-electron chi connectivity index (χ4n) is 5.22. The summed E-state index contributed by atoms with van der Waals surface area (Å²) in [6.07, 6.45) is 3.09. The normalized spacial score (nSPS) is 21.5. The van der Waals surface area contributed by atoms with Crippen LogP contribution in [0.1, 0.15) is 38.8 Å². The molecule has 0 radical (unpaired) electrons. The van der Waals surface area contributed by atoms with Crippen LogP contribution in [0.4, 0.5) is 11.4 Å². The Morgan fingerprint density at radius 2 is 1.79 bits per heavy atom. The van der Waals surface area contributed by atoms with Crippen molar-refractivity contribution in [2.24, 2.45) is 10.9 Å². The van der Waals surface area contributed by atoms with E-state index in [-0.39, 0.29) is 5.41 Å². The Kier molecular flexibility index (Phi) is 3.83. The maximum Gasteiger partial charge on any atom is 0.228 e. The highest BCUT2D eigenvalue weighted by molar-refractivity contribution is 5.99. The Morgan fingerprint density at radius 1 is 1.00 bits per heavy atom. The zero-order valence-electron chi connectivity index (χ0n) is 17.9. The molecule has 0 saturated carbocycles. The highest BCUT2D eigenvalue weighted by Gasteiger charge is 2.59. The lowest BCUT2D eigenvalue weighted by atomic mass is 9.74. The van der Waals surface area contributed by atoms with Crippen LogP contribution in [0.3, 0.4) is 0 Å². The van der Waals surface area contributed by atoms with Crippen molar-refractivity contribution in [1.82, 2.24) is 0 Å². The molecule has 1 unspecified atom stereocenters. The fraction of sp³-hybridized carbons (Fsp3) is 0.346. The average molecular weight is 385 g/mol. The summed E-state index contributed by atoms with van der Waals surface area (Å²) < 4.78 is 6.84. The first kappa shape index (κ1) is 18.2. The van der Waals surface area contributed by atoms with Crippen LogP contribution in [0.15, 0.2) is 59.6 Å². The molecule has 0 aromatic heterocycles. The molecule has 2 aliphatic rings. The molecule has 2 heterocycles. The predicted molar refractivity (Wildman–Crippen MR) is 122 cm³/mol. The molecular weight excluding hydrogens is 356 g/mol. The molecule has 29 heavy (non-hydrogen) atoms. The molecule has 3 aromatic carbocycles. The minimum atomic E-state index is -0.641. The summed E-state index contributed by atoms with van der Waals surface area (Å²) in [4.78, 5) is 7.26. The maximum absolute atomic E-state index is 6.84. The quantitative estimate of drug-likeness (QED) is 0.521. The second kappa shape index (κ2) is 6.09. The summed E-state index contributed by atoms with van der Waals surface area (Å²) in [6.45, 7) is 9.13. The van der Waals surface area contributed by atoms with Gasteiger partial charge < -0.3 is 9.64 Å². The summed E-state index contributed by atoms with van der Waals surface area (Å²) in [5.74, 6) is 1.46. The summed E-state index contributed by atoms with van der Waals surface area (Å²) >= 11 is 0. The smallest absolute Gasteiger partial charge is 0.228 e. The summed E-state index contributed by atoms with van der Waals surface area (Å²) in [6, 6.07) is 19.2. The van der Waals surface area contributed by atoms with Crippen molar-refractivity contribution in [3.05, 3.63) is 65.7 Å². The van der Waals surface area contributed by atoms with Crippen molar-refractivity contribution >= 4 is 28.4 Å². The lowest BCUT2D eigenvalue weighted by Crippen LogP contribution is -2.61. The van der Waals surface area contributed by atoms with Crippen LogP contribution in [-0.4, -0.2) is 19.0 Å². The van der Waals surface area contributed by atoms with Gasteiger partial charge in [0.25, 0.3) is 0 Å². The topological polar surface area (TPSA) is 24.8 Å². The number of rotatable bonds is 2. The van der Waals surface area contributed by atoms with E-state index in [0.29, 0.717) is 5.92 Å². The van der Waals surface area contributed by atoms with Gasteiger partial charge in [-0.2, -0.15) is 0 Å². The molecule has 1 spiro atoms. The van der Waals surface area contributed by atoms with Crippen LogP contribution in [-0.2, 0) is 11.8 Å². The third-order valence-corrected chi connectivity index (χ3v) is 6.63. The first-order chi connectivity index (χ1) is 13.8. The standard InChI is InChI=1S/C26H28N2O/c1-17(2)15-19-10-8-12-21-23(19)25(3,4)26(28(21)5)16-27-24-20-11-7-6-9-18(20)13-14-22(24)29-26/h6-14,16-17H,15H2,1-5H3. The number of fused-ring (bicyclic) bond motifs is 4. The van der Waals surface area contributed by atoms with Gasteiger partial charge in [-0.3, -0.25) is 4.99 Å². The molecule has 2 aliphatic heterocycles. The number of ether oxygens (including phenoxy) is 1. The van der Waals surface area contributed by atoms with Gasteiger partial charge in [0.05, 0.1) is 11.6 Å². The first-order valence-electron chi connectivity index (χ1n) is 10.5. The van der Waals surface area contributed by atoms with Crippen LogP contribution < -0.4 is 9.64 Å². The number of anilines is 1. The monoisotopic (exact) mass is 384 g/mol. The number of nitrogens with zero attached hydrogens (tertiary/aromatic N) is 2. The first-order valence-corrected chi connectivity index (χ1v) is 10.5. The van der Waals surface area contributed by atoms with E-state index in [2.05, 4.69) is 94.2 Å². The molecule has 5 rings (SSSR count). The lowest BCUT2D eigenvalue weighted by Gasteiger charge is -2.45. The van der Waals surface area contributed by atoms with Crippen molar-refractivity contribution in [2.75, 3.05) is 11.9 Å². The fourth-order valence-corrected chi connectivity index (χ4v) is 5.22. The summed E-state index contributed by atoms with van der Waals surface area (Å²) in [5, 5.41) is 2.32. The van der Waals surface area contributed by atoms with Gasteiger partial charge >= 0.3 is 0 Å². The molecule has 0 bridgehead atoms. The number of hydrogen-bond acceptors (Lipinski definition) is 3. The van der Waals surface area contributed by atoms with Gasteiger partial charge in [0.1, 0.15) is 11.4 Å². The number of likely N-dealkylation sites (N-methyl/N-ethyl adjacent to an activating group) is 1. The molecule has 0 saturated heterocycles. The van der Waals surface area contributed by atoms with Crippen LogP contribution in [0, 0.1) is 5.92 Å². The predicted octanol–water partition coefficient (Wildman–Crippen LogP) is 6.26. The van der Waals surface area contributed by atoms with Gasteiger partial charge in [0.2, 0.25) is 5.72 Å². The average Bonchev–Trinajstić information content (AvgIpc) is 2.86. The molecule has 3 heteroatoms. The van der Waals surface area contributed by atoms with Gasteiger partial charge in [0, 0.05) is 18.1 Å². The molecule has 0 amide bonds. The maximum atomic E-state index is 6.84. The van der Waals surface area contributed by atoms with Crippen LogP contribution in [0.5, 0.6) is 5.75 Å². The summed E-state index contributed by atoms with van der Waals surface area (Å²) in [7, 11) is 2.13. The van der Waals surface area contributed by atoms with E-state index in [0.717, 1.165) is 23.2 Å². The van der Waals surface area contributed by atoms with E-state index in [1.54, 1.807) is 0 Å². The molecule has 0 fully saturated rings. The minimum Gasteiger partial charge on any atom is -0.459 e. The number of benzene rings is 3. The van der Waals surface area contributed by atoms with Crippen LogP contribution in [0.25, 0.3) is 10.8 Å². The van der Waals surface area contributed by atoms with Gasteiger partial charge in [-0.1, -0.05) is 56.3 Å². The Balaban J connectivity index is 1.68. The van der Waals surface area contributed by atoms with Gasteiger partial charge in [-0.25, -0.2) is 0 Å². The van der Waals surface area contributed by atoms with E-state index in [4.69, 9.17) is 9.73 Å². The molecule has 1 atom stereocenters. The Bertz CT molecular complexity index is 1140. The zero-order valence-corrected chi connectivity index (χ0v) is 17.9. The largest absolute Gasteiger partial charge is 0.459 e. The third kappa shape index (κ3) is 2.40. The van der Waals surface area contributed by atoms with Crippen LogP contribution in [0.2, 0.25) is 0 Å². The van der Waals surface area contributed by atoms with E-state index < -0.39 is 5.72 Å². The van der Waals surface area contributed by atoms with Crippen molar-refractivity contribution in [1.29, 1.82) is 0 Å². The Morgan fingerprint density at radius 3 is 2.59 bits per heavy atom. The van der Waals surface area contributed by atoms with Crippen molar-refractivity contribution in [2.45, 2.75) is 45.3 Å². The number of aliphatic imine (C=N–C) groups is 1. The molecular formula is C26H28N2O. The second-order valence-corrected chi connectivity index (χ2v) is 9.28. The van der Waals surface area contributed by atoms with Crippen molar-refractivity contribution < 1.29 is 4.74 Å². The molecule has 0 aliphatic carbocycles. The Hall–Kier alpha value is -2.81. The summed E-state index contributed by atoms with van der Waals surface area (Å²) in [5.41, 5.74) is 4.08. The van der Waals surface area contributed by atoms with Gasteiger partial charge in [-0.15, -0.1) is 0 Å². The second-order valence-electron chi connectivity index (χ2n) is 9.28. The SMILES string of the molecule is CC(C)Cc1cccc2c1C(C)(C)C1(C=Nc3c(ccc4ccccc34)O1)N2C. The van der Waals surface area contributed by atoms with Crippen molar-refractivity contribution in [3.8, 4) is 5.75 Å². The van der Waals surface area contributed by atoms with E-state index in [1.165, 1.54) is 22.2 Å². The molecule has 0 N–H and O–H groups in total. The molecule has 3 aromatic rings. The zero-order chi connectivity index (χ0) is 20.4. The van der Waals surface area contributed by atoms with Crippen molar-refractivity contribution in [3.63, 3.8) is 0 Å². The van der Waals surface area contributed by atoms with E-state index in [9.17, 15) is 0 Å². The van der Waals surface area contributed by atoms with Crippen LogP contribution >= 0.6 is 0 Å². The van der Waals surface area contributed by atoms with Gasteiger partial charge in [0.15, 0.2) is 0 Å². The third-order valence-electron chi connectivity index (χ3n) is 6.63. The molecule has 148 valence electrons. The molecule has 3 nitrogen and oxygen atoms in total. The highest BCUT2D eigenvalue weighted by atomic mass is 16.5. The van der Waals surface area contributed by atoms with E-state index in [1.807, 2.05) is 6.21 Å².